The molecular weight excluding hydrogens is 253 g/mol. The summed E-state index contributed by atoms with van der Waals surface area (Å²) in [6, 6.07) is 4.45. The average Bonchev–Trinajstić information content (AvgIpc) is 2.38. The van der Waals surface area contributed by atoms with Crippen LogP contribution in [-0.2, 0) is 0 Å². The molecule has 1 unspecified atom stereocenters. The molecule has 1 aromatic rings. The molecule has 1 aromatic carbocycles. The van der Waals surface area contributed by atoms with Crippen molar-refractivity contribution in [2.45, 2.75) is 25.3 Å². The predicted octanol–water partition coefficient (Wildman–Crippen LogP) is 2.47. The molecule has 0 amide bonds. The highest BCUT2D eigenvalue weighted by Gasteiger charge is 2.20. The fraction of sp³-hybridized carbons (Fsp3) is 0.538. The topological polar surface area (TPSA) is 41.3 Å². The second-order valence-electron chi connectivity index (χ2n) is 4.60. The lowest BCUT2D eigenvalue weighted by atomic mass is 10.1. The SMILES string of the molecule is NCC(NN1CCCCC1)c1c(F)cccc1Cl. The smallest absolute Gasteiger partial charge is 0.129 e. The van der Waals surface area contributed by atoms with E-state index in [1.807, 2.05) is 0 Å². The van der Waals surface area contributed by atoms with Crippen LogP contribution in [0.5, 0.6) is 0 Å². The molecule has 1 aliphatic heterocycles. The van der Waals surface area contributed by atoms with Crippen LogP contribution >= 0.6 is 11.6 Å². The van der Waals surface area contributed by atoms with Crippen LogP contribution in [0, 0.1) is 5.82 Å². The summed E-state index contributed by atoms with van der Waals surface area (Å²) in [5.74, 6) is -0.303. The van der Waals surface area contributed by atoms with E-state index >= 15 is 0 Å². The summed E-state index contributed by atoms with van der Waals surface area (Å²) >= 11 is 6.07. The van der Waals surface area contributed by atoms with E-state index in [9.17, 15) is 4.39 Å². The molecule has 3 N–H and O–H groups in total. The predicted molar refractivity (Wildman–Crippen MR) is 71.8 cm³/mol. The molecule has 18 heavy (non-hydrogen) atoms. The maximum absolute atomic E-state index is 13.8. The number of piperidine rings is 1. The zero-order valence-electron chi connectivity index (χ0n) is 10.3. The van der Waals surface area contributed by atoms with Gasteiger partial charge in [-0.3, -0.25) is 0 Å². The van der Waals surface area contributed by atoms with Crippen LogP contribution < -0.4 is 11.2 Å². The Bertz CT molecular complexity index is 374. The number of nitrogens with one attached hydrogen (secondary N) is 1. The summed E-state index contributed by atoms with van der Waals surface area (Å²) in [4.78, 5) is 0. The third-order valence-electron chi connectivity index (χ3n) is 3.28. The van der Waals surface area contributed by atoms with Crippen LogP contribution in [0.3, 0.4) is 0 Å². The van der Waals surface area contributed by atoms with Crippen molar-refractivity contribution >= 4 is 11.6 Å². The van der Waals surface area contributed by atoms with E-state index in [2.05, 4.69) is 10.4 Å². The Labute approximate surface area is 112 Å². The maximum atomic E-state index is 13.8. The van der Waals surface area contributed by atoms with Crippen LogP contribution in [0.4, 0.5) is 4.39 Å². The summed E-state index contributed by atoms with van der Waals surface area (Å²) in [7, 11) is 0. The normalized spacial score (nSPS) is 18.8. The van der Waals surface area contributed by atoms with E-state index in [-0.39, 0.29) is 11.9 Å². The number of benzene rings is 1. The number of halogens is 2. The molecule has 0 aromatic heterocycles. The van der Waals surface area contributed by atoms with Gasteiger partial charge in [0.2, 0.25) is 0 Å². The summed E-state index contributed by atoms with van der Waals surface area (Å²) in [5.41, 5.74) is 9.50. The molecule has 0 aliphatic carbocycles. The Morgan fingerprint density at radius 2 is 2.06 bits per heavy atom. The van der Waals surface area contributed by atoms with Gasteiger partial charge < -0.3 is 5.73 Å². The van der Waals surface area contributed by atoms with Gasteiger partial charge >= 0.3 is 0 Å². The van der Waals surface area contributed by atoms with Gasteiger partial charge in [-0.1, -0.05) is 24.1 Å². The summed E-state index contributed by atoms with van der Waals surface area (Å²) in [6.45, 7) is 2.27. The zero-order valence-corrected chi connectivity index (χ0v) is 11.1. The van der Waals surface area contributed by atoms with Crippen molar-refractivity contribution in [3.05, 3.63) is 34.6 Å². The molecule has 100 valence electrons. The molecule has 5 heteroatoms. The Hall–Kier alpha value is -0.680. The number of rotatable bonds is 4. The molecular formula is C13H19ClFN3. The van der Waals surface area contributed by atoms with Gasteiger partial charge in [0.1, 0.15) is 5.82 Å². The first-order valence-electron chi connectivity index (χ1n) is 6.37. The lowest BCUT2D eigenvalue weighted by Crippen LogP contribution is -2.46. The molecule has 0 spiro atoms. The maximum Gasteiger partial charge on any atom is 0.129 e. The molecule has 1 saturated heterocycles. The van der Waals surface area contributed by atoms with Gasteiger partial charge in [-0.2, -0.15) is 0 Å². The summed E-state index contributed by atoms with van der Waals surface area (Å²) in [6.07, 6.45) is 3.58. The van der Waals surface area contributed by atoms with Crippen molar-refractivity contribution in [3.8, 4) is 0 Å². The Morgan fingerprint density at radius 1 is 1.33 bits per heavy atom. The molecule has 0 saturated carbocycles. The van der Waals surface area contributed by atoms with E-state index < -0.39 is 0 Å². The lowest BCUT2D eigenvalue weighted by molar-refractivity contribution is 0.129. The number of nitrogens with zero attached hydrogens (tertiary/aromatic N) is 1. The van der Waals surface area contributed by atoms with E-state index in [1.54, 1.807) is 12.1 Å². The third kappa shape index (κ3) is 3.20. The highest BCUT2D eigenvalue weighted by atomic mass is 35.5. The highest BCUT2D eigenvalue weighted by Crippen LogP contribution is 2.26. The molecule has 2 rings (SSSR count). The second kappa shape index (κ2) is 6.48. The highest BCUT2D eigenvalue weighted by molar-refractivity contribution is 6.31. The monoisotopic (exact) mass is 271 g/mol. The van der Waals surface area contributed by atoms with Crippen molar-refractivity contribution in [2.75, 3.05) is 19.6 Å². The van der Waals surface area contributed by atoms with Crippen molar-refractivity contribution < 1.29 is 4.39 Å². The molecule has 3 nitrogen and oxygen atoms in total. The van der Waals surface area contributed by atoms with Gasteiger partial charge in [-0.15, -0.1) is 0 Å². The van der Waals surface area contributed by atoms with Gasteiger partial charge in [-0.25, -0.2) is 14.8 Å². The molecule has 0 bridgehead atoms. The summed E-state index contributed by atoms with van der Waals surface area (Å²) in [5, 5.41) is 2.54. The Morgan fingerprint density at radius 3 is 2.67 bits per heavy atom. The van der Waals surface area contributed by atoms with Crippen LogP contribution in [-0.4, -0.2) is 24.6 Å². The largest absolute Gasteiger partial charge is 0.329 e. The average molecular weight is 272 g/mol. The van der Waals surface area contributed by atoms with Crippen LogP contribution in [0.15, 0.2) is 18.2 Å². The quantitative estimate of drug-likeness (QED) is 0.884. The van der Waals surface area contributed by atoms with Gasteiger partial charge in [0, 0.05) is 30.2 Å². The van der Waals surface area contributed by atoms with E-state index in [1.165, 1.54) is 12.5 Å². The van der Waals surface area contributed by atoms with Gasteiger partial charge in [0.25, 0.3) is 0 Å². The van der Waals surface area contributed by atoms with Gasteiger partial charge in [0.15, 0.2) is 0 Å². The van der Waals surface area contributed by atoms with Crippen LogP contribution in [0.2, 0.25) is 5.02 Å². The fourth-order valence-corrected chi connectivity index (χ4v) is 2.62. The first-order chi connectivity index (χ1) is 8.72. The first kappa shape index (κ1) is 13.7. The van der Waals surface area contributed by atoms with Crippen molar-refractivity contribution in [1.82, 2.24) is 10.4 Å². The Balaban J connectivity index is 2.12. The summed E-state index contributed by atoms with van der Waals surface area (Å²) < 4.78 is 13.8. The minimum atomic E-state index is -0.303. The minimum Gasteiger partial charge on any atom is -0.329 e. The molecule has 1 fully saturated rings. The van der Waals surface area contributed by atoms with Crippen molar-refractivity contribution in [2.24, 2.45) is 5.73 Å². The van der Waals surface area contributed by atoms with E-state index in [0.717, 1.165) is 25.9 Å². The van der Waals surface area contributed by atoms with Gasteiger partial charge in [0.05, 0.1) is 6.04 Å². The van der Waals surface area contributed by atoms with Crippen LogP contribution in [0.25, 0.3) is 0 Å². The van der Waals surface area contributed by atoms with Crippen LogP contribution in [0.1, 0.15) is 30.9 Å². The van der Waals surface area contributed by atoms with E-state index in [4.69, 9.17) is 17.3 Å². The van der Waals surface area contributed by atoms with Crippen molar-refractivity contribution in [1.29, 1.82) is 0 Å². The Kier molecular flexibility index (Phi) is 4.95. The second-order valence-corrected chi connectivity index (χ2v) is 5.01. The third-order valence-corrected chi connectivity index (χ3v) is 3.61. The van der Waals surface area contributed by atoms with E-state index in [0.29, 0.717) is 17.1 Å². The lowest BCUT2D eigenvalue weighted by Gasteiger charge is -2.31. The standard InChI is InChI=1S/C13H19ClFN3/c14-10-5-4-6-11(15)13(10)12(9-16)17-18-7-2-1-3-8-18/h4-6,12,17H,1-3,7-9,16H2. The van der Waals surface area contributed by atoms with Crippen molar-refractivity contribution in [3.63, 3.8) is 0 Å². The molecule has 1 heterocycles. The molecule has 1 aliphatic rings. The van der Waals surface area contributed by atoms with Gasteiger partial charge in [-0.05, 0) is 25.0 Å². The molecule has 1 atom stereocenters. The number of hydrogen-bond acceptors (Lipinski definition) is 3. The number of hydrogen-bond donors (Lipinski definition) is 2. The first-order valence-corrected chi connectivity index (χ1v) is 6.75. The minimum absolute atomic E-state index is 0.267. The zero-order chi connectivity index (χ0) is 13.0. The molecule has 0 radical (unpaired) electrons. The number of hydrazine groups is 1. The fourth-order valence-electron chi connectivity index (χ4n) is 2.32. The number of nitrogens with two attached hydrogens (primary N) is 1.